The average molecular weight is 576 g/mol. The second kappa shape index (κ2) is 11.2. The number of rotatable bonds is 8. The maximum absolute atomic E-state index is 13.9. The molecule has 0 unspecified atom stereocenters. The smallest absolute Gasteiger partial charge is 0.342 e. The van der Waals surface area contributed by atoms with Crippen molar-refractivity contribution in [1.29, 1.82) is 0 Å². The van der Waals surface area contributed by atoms with Crippen LogP contribution in [0.5, 0.6) is 5.75 Å². The van der Waals surface area contributed by atoms with Gasteiger partial charge in [0.1, 0.15) is 34.6 Å². The predicted molar refractivity (Wildman–Crippen MR) is 141 cm³/mol. The van der Waals surface area contributed by atoms with Gasteiger partial charge in [0.25, 0.3) is 11.5 Å². The number of imidazole rings is 1. The number of aromatic nitrogens is 3. The van der Waals surface area contributed by atoms with Crippen LogP contribution in [0.1, 0.15) is 41.0 Å². The van der Waals surface area contributed by atoms with Gasteiger partial charge in [-0.2, -0.15) is 0 Å². The van der Waals surface area contributed by atoms with Crippen LogP contribution < -0.4 is 16.0 Å². The van der Waals surface area contributed by atoms with Gasteiger partial charge in [-0.15, -0.1) is 0 Å². The van der Waals surface area contributed by atoms with E-state index in [1.165, 1.54) is 54.9 Å². The molecule has 210 valence electrons. The van der Waals surface area contributed by atoms with Crippen LogP contribution in [0.2, 0.25) is 5.02 Å². The van der Waals surface area contributed by atoms with Gasteiger partial charge in [0.2, 0.25) is 5.91 Å². The fourth-order valence-electron chi connectivity index (χ4n) is 4.02. The van der Waals surface area contributed by atoms with E-state index in [2.05, 4.69) is 0 Å². The molecule has 0 radical (unpaired) electrons. The van der Waals surface area contributed by atoms with Gasteiger partial charge in [-0.1, -0.05) is 17.7 Å². The van der Waals surface area contributed by atoms with E-state index in [1.54, 1.807) is 0 Å². The molecule has 2 N–H and O–H groups in total. The van der Waals surface area contributed by atoms with Crippen molar-refractivity contribution >= 4 is 34.4 Å². The lowest BCUT2D eigenvalue weighted by molar-refractivity contribution is 0.0392. The van der Waals surface area contributed by atoms with Gasteiger partial charge in [-0.05, 0) is 49.7 Å². The van der Waals surface area contributed by atoms with E-state index in [0.717, 1.165) is 10.6 Å². The van der Waals surface area contributed by atoms with Gasteiger partial charge < -0.3 is 19.5 Å². The molecule has 10 nitrogen and oxygen atoms in total. The fourth-order valence-corrected chi connectivity index (χ4v) is 4.24. The Kier molecular flexibility index (Phi) is 8.05. The molecule has 0 bridgehead atoms. The number of hydrogen-bond donors (Lipinski definition) is 2. The summed E-state index contributed by atoms with van der Waals surface area (Å²) in [5, 5.41) is 19.1. The summed E-state index contributed by atoms with van der Waals surface area (Å²) in [4.78, 5) is 51.4. The summed E-state index contributed by atoms with van der Waals surface area (Å²) in [7, 11) is 0. The zero-order valence-corrected chi connectivity index (χ0v) is 22.1. The third kappa shape index (κ3) is 5.60. The highest BCUT2D eigenvalue weighted by atomic mass is 35.5. The number of carbonyl (C=O) groups is 2. The van der Waals surface area contributed by atoms with Crippen LogP contribution in [-0.4, -0.2) is 47.9 Å². The second-order valence-corrected chi connectivity index (χ2v) is 9.84. The molecular formula is C27H24ClF2N3O7. The van der Waals surface area contributed by atoms with Crippen LogP contribution in [0.3, 0.4) is 0 Å². The molecule has 0 aliphatic rings. The lowest BCUT2D eigenvalue weighted by Gasteiger charge is -2.16. The number of benzene rings is 2. The number of nitrogens with zero attached hydrogens (tertiary/aromatic N) is 3. The second-order valence-electron chi connectivity index (χ2n) is 9.46. The van der Waals surface area contributed by atoms with Gasteiger partial charge in [-0.3, -0.25) is 14.4 Å². The van der Waals surface area contributed by atoms with E-state index in [9.17, 15) is 33.1 Å². The third-order valence-electron chi connectivity index (χ3n) is 6.03. The summed E-state index contributed by atoms with van der Waals surface area (Å²) in [6.07, 6.45) is 1.01. The molecule has 0 amide bonds. The maximum Gasteiger partial charge on any atom is 0.342 e. The average Bonchev–Trinajstić information content (AvgIpc) is 3.17. The van der Waals surface area contributed by atoms with E-state index >= 15 is 0 Å². The summed E-state index contributed by atoms with van der Waals surface area (Å²) in [5.41, 5.74) is -3.01. The number of pyridine rings is 1. The minimum Gasteiger partial charge on any atom is -0.487 e. The Bertz CT molecular complexity index is 1750. The molecule has 4 aromatic rings. The first kappa shape index (κ1) is 28.9. The number of aliphatic hydroxyl groups is 2. The molecule has 0 atom stereocenters. The number of fused-ring (bicyclic) bond motifs is 1. The van der Waals surface area contributed by atoms with E-state index in [4.69, 9.17) is 21.4 Å². The number of halogens is 3. The van der Waals surface area contributed by atoms with Crippen LogP contribution in [-0.2, 0) is 13.2 Å². The van der Waals surface area contributed by atoms with Crippen molar-refractivity contribution in [2.24, 2.45) is 0 Å². The third-order valence-corrected chi connectivity index (χ3v) is 6.38. The minimum absolute atomic E-state index is 0.0151. The first-order valence-corrected chi connectivity index (χ1v) is 12.3. The summed E-state index contributed by atoms with van der Waals surface area (Å²) >= 11 is 6.21. The molecule has 13 heteroatoms. The van der Waals surface area contributed by atoms with Crippen molar-refractivity contribution in [2.45, 2.75) is 39.0 Å². The molecule has 2 aromatic heterocycles. The van der Waals surface area contributed by atoms with Crippen LogP contribution in [0.15, 0.2) is 58.3 Å². The normalized spacial score (nSPS) is 11.7. The lowest BCUT2D eigenvalue weighted by Crippen LogP contribution is -2.42. The molecule has 0 aliphatic carbocycles. The minimum atomic E-state index is -1.95. The zero-order valence-electron chi connectivity index (χ0n) is 21.4. The molecule has 2 aromatic carbocycles. The lowest BCUT2D eigenvalue weighted by atomic mass is 10.1. The molecule has 0 saturated carbocycles. The Hall–Kier alpha value is -4.13. The van der Waals surface area contributed by atoms with Gasteiger partial charge >= 0.3 is 5.69 Å². The first-order valence-electron chi connectivity index (χ1n) is 12.0. The van der Waals surface area contributed by atoms with Crippen LogP contribution in [0.25, 0.3) is 11.0 Å². The summed E-state index contributed by atoms with van der Waals surface area (Å²) < 4.78 is 35.1. The maximum atomic E-state index is 13.9. The first-order chi connectivity index (χ1) is 18.8. The van der Waals surface area contributed by atoms with Crippen LogP contribution in [0, 0.1) is 11.6 Å². The van der Waals surface area contributed by atoms with Crippen molar-refractivity contribution in [3.63, 3.8) is 0 Å². The van der Waals surface area contributed by atoms with Crippen LogP contribution >= 0.6 is 11.6 Å². The van der Waals surface area contributed by atoms with Crippen LogP contribution in [0.4, 0.5) is 8.78 Å². The predicted octanol–water partition coefficient (Wildman–Crippen LogP) is 2.96. The Morgan fingerprint density at radius 2 is 1.75 bits per heavy atom. The standard InChI is InChI=1S/C27H24ClF2N3O7/c1-27(2,39)25(37)33-20-11-15(3-6-19(20)32(26(33)38)22(35)8-10-34)13-31-9-7-21(23(28)24(31)36)40-14-16-4-5-17(29)12-18(16)30/h3-7,9,11-12,34,39H,8,10,13-14H2,1-2H3. The van der Waals surface area contributed by atoms with Crippen molar-refractivity contribution in [1.82, 2.24) is 13.7 Å². The number of ether oxygens (including phenoxy) is 1. The van der Waals surface area contributed by atoms with Crippen molar-refractivity contribution in [3.8, 4) is 5.75 Å². The van der Waals surface area contributed by atoms with Crippen molar-refractivity contribution < 1.29 is 33.3 Å². The van der Waals surface area contributed by atoms with E-state index < -0.39 is 46.9 Å². The number of hydrogen-bond acceptors (Lipinski definition) is 7. The highest BCUT2D eigenvalue weighted by Crippen LogP contribution is 2.23. The number of carbonyl (C=O) groups excluding carboxylic acids is 2. The molecule has 0 spiro atoms. The Morgan fingerprint density at radius 1 is 1.02 bits per heavy atom. The molecule has 4 rings (SSSR count). The summed E-state index contributed by atoms with van der Waals surface area (Å²) in [5.74, 6) is -3.30. The topological polar surface area (TPSA) is 133 Å². The molecule has 0 saturated heterocycles. The Morgan fingerprint density at radius 3 is 2.40 bits per heavy atom. The highest BCUT2D eigenvalue weighted by molar-refractivity contribution is 6.31. The van der Waals surface area contributed by atoms with E-state index in [1.807, 2.05) is 0 Å². The highest BCUT2D eigenvalue weighted by Gasteiger charge is 2.31. The van der Waals surface area contributed by atoms with E-state index in [0.29, 0.717) is 16.2 Å². The molecule has 0 aliphatic heterocycles. The molecule has 2 heterocycles. The quantitative estimate of drug-likeness (QED) is 0.330. The van der Waals surface area contributed by atoms with Gasteiger partial charge in [0.15, 0.2) is 0 Å². The van der Waals surface area contributed by atoms with Crippen molar-refractivity contribution in [3.05, 3.63) is 97.3 Å². The molecule has 40 heavy (non-hydrogen) atoms. The summed E-state index contributed by atoms with van der Waals surface area (Å²) in [6.45, 7) is 1.50. The Balaban J connectivity index is 1.69. The van der Waals surface area contributed by atoms with E-state index in [-0.39, 0.29) is 46.9 Å². The van der Waals surface area contributed by atoms with Gasteiger partial charge in [-0.25, -0.2) is 22.7 Å². The molecule has 0 fully saturated rings. The monoisotopic (exact) mass is 575 g/mol. The van der Waals surface area contributed by atoms with Gasteiger partial charge in [0, 0.05) is 17.8 Å². The zero-order chi connectivity index (χ0) is 29.4. The largest absolute Gasteiger partial charge is 0.487 e. The Labute approximate surface area is 230 Å². The molecular weight excluding hydrogens is 552 g/mol. The fraction of sp³-hybridized carbons (Fsp3) is 0.259. The SMILES string of the molecule is CC(C)(O)C(=O)n1c(=O)n(C(=O)CCO)c2ccc(Cn3ccc(OCc4ccc(F)cc4F)c(Cl)c3=O)cc21. The van der Waals surface area contributed by atoms with Crippen molar-refractivity contribution in [2.75, 3.05) is 6.61 Å². The summed E-state index contributed by atoms with van der Waals surface area (Å²) in [6, 6.07) is 8.75. The number of aliphatic hydroxyl groups excluding tert-OH is 1. The van der Waals surface area contributed by atoms with Gasteiger partial charge in [0.05, 0.1) is 30.6 Å².